The highest BCUT2D eigenvalue weighted by Crippen LogP contribution is 2.21. The van der Waals surface area contributed by atoms with Crippen LogP contribution >= 0.6 is 0 Å². The lowest BCUT2D eigenvalue weighted by atomic mass is 10.0. The Bertz CT molecular complexity index is 881. The van der Waals surface area contributed by atoms with E-state index in [0.717, 1.165) is 26.1 Å². The van der Waals surface area contributed by atoms with Gasteiger partial charge in [-0.05, 0) is 113 Å². The predicted molar refractivity (Wildman–Crippen MR) is 210 cm³/mol. The largest absolute Gasteiger partial charge is 0.377 e. The van der Waals surface area contributed by atoms with E-state index in [2.05, 4.69) is 86.0 Å². The van der Waals surface area contributed by atoms with Crippen molar-refractivity contribution in [3.8, 4) is 11.1 Å². The van der Waals surface area contributed by atoms with Gasteiger partial charge in [0.05, 0.1) is 13.2 Å². The molecule has 0 bridgehead atoms. The van der Waals surface area contributed by atoms with E-state index in [1.165, 1.54) is 164 Å². The number of benzene rings is 2. The molecule has 0 atom stereocenters. The van der Waals surface area contributed by atoms with Gasteiger partial charge in [0.15, 0.2) is 0 Å². The molecule has 2 aromatic carbocycles. The van der Waals surface area contributed by atoms with Gasteiger partial charge >= 0.3 is 0 Å². The van der Waals surface area contributed by atoms with Gasteiger partial charge in [-0.2, -0.15) is 0 Å². The summed E-state index contributed by atoms with van der Waals surface area (Å²) < 4.78 is 12.1. The van der Waals surface area contributed by atoms with E-state index in [1.54, 1.807) is 0 Å². The molecule has 0 N–H and O–H groups in total. The first-order valence-electron chi connectivity index (χ1n) is 20.5. The molecule has 2 aromatic rings. The van der Waals surface area contributed by atoms with Crippen molar-refractivity contribution in [1.29, 1.82) is 0 Å². The zero-order valence-corrected chi connectivity index (χ0v) is 32.1. The summed E-state index contributed by atoms with van der Waals surface area (Å²) in [6.45, 7) is 19.8. The molecule has 0 fully saturated rings. The van der Waals surface area contributed by atoms with Crippen molar-refractivity contribution >= 4 is 0 Å². The molecule has 0 radical (unpaired) electrons. The summed E-state index contributed by atoms with van der Waals surface area (Å²) in [7, 11) is 0. The Morgan fingerprint density at radius 3 is 0.979 bits per heavy atom. The molecule has 2 rings (SSSR count). The molecule has 0 aromatic heterocycles. The van der Waals surface area contributed by atoms with Crippen LogP contribution in [0.4, 0.5) is 0 Å². The molecular weight excluding hydrogens is 588 g/mol. The molecule has 0 heterocycles. The summed E-state index contributed by atoms with van der Waals surface area (Å²) in [4.78, 5) is 5.40. The molecule has 0 saturated carbocycles. The fourth-order valence-electron chi connectivity index (χ4n) is 6.41. The molecule has 0 amide bonds. The Morgan fingerprint density at radius 1 is 0.354 bits per heavy atom. The molecule has 4 nitrogen and oxygen atoms in total. The summed E-state index contributed by atoms with van der Waals surface area (Å²) in [6.07, 6.45) is 23.6. The van der Waals surface area contributed by atoms with Crippen molar-refractivity contribution in [2.24, 2.45) is 0 Å². The summed E-state index contributed by atoms with van der Waals surface area (Å²) in [5.41, 5.74) is 5.01. The Labute approximate surface area is 298 Å². The zero-order valence-electron chi connectivity index (χ0n) is 32.1. The van der Waals surface area contributed by atoms with Crippen LogP contribution in [0.2, 0.25) is 0 Å². The third kappa shape index (κ3) is 21.4. The second-order valence-corrected chi connectivity index (χ2v) is 14.1. The predicted octanol–water partition coefficient (Wildman–Crippen LogP) is 12.1. The van der Waals surface area contributed by atoms with E-state index in [-0.39, 0.29) is 0 Å². The highest BCUT2D eigenvalue weighted by molar-refractivity contribution is 5.63. The van der Waals surface area contributed by atoms with Gasteiger partial charge in [-0.3, -0.25) is 0 Å². The summed E-state index contributed by atoms with van der Waals surface area (Å²) >= 11 is 0. The first-order valence-corrected chi connectivity index (χ1v) is 20.5. The van der Waals surface area contributed by atoms with Gasteiger partial charge in [-0.25, -0.2) is 0 Å². The average molecular weight is 665 g/mol. The van der Waals surface area contributed by atoms with Crippen molar-refractivity contribution in [2.75, 3.05) is 52.5 Å². The van der Waals surface area contributed by atoms with Crippen molar-refractivity contribution < 1.29 is 9.47 Å². The topological polar surface area (TPSA) is 24.9 Å². The maximum atomic E-state index is 6.06. The maximum Gasteiger partial charge on any atom is 0.0716 e. The van der Waals surface area contributed by atoms with Crippen LogP contribution in [0.3, 0.4) is 0 Å². The molecule has 4 heteroatoms. The number of hydrogen-bond acceptors (Lipinski definition) is 4. The molecule has 48 heavy (non-hydrogen) atoms. The standard InChI is InChI=1S/C44H76N2O2/c1-5-9-13-17-33-45(31-15-11-7-3)35-19-21-37-47-39-41-23-27-43(28-24-41)44-29-25-42(26-30-44)40-48-38-22-20-36-46(32-16-12-8-4)34-18-14-10-6-2/h23-30H,5-22,31-40H2,1-4H3. The van der Waals surface area contributed by atoms with Crippen LogP contribution in [0.15, 0.2) is 48.5 Å². The van der Waals surface area contributed by atoms with Crippen LogP contribution in [0.25, 0.3) is 11.1 Å². The Kier molecular flexibility index (Phi) is 26.6. The van der Waals surface area contributed by atoms with Gasteiger partial charge in [0.2, 0.25) is 0 Å². The fraction of sp³-hybridized carbons (Fsp3) is 0.727. The fourth-order valence-corrected chi connectivity index (χ4v) is 6.41. The highest BCUT2D eigenvalue weighted by atomic mass is 16.5. The van der Waals surface area contributed by atoms with Crippen LogP contribution in [0.1, 0.15) is 154 Å². The summed E-state index contributed by atoms with van der Waals surface area (Å²) in [5.74, 6) is 0. The van der Waals surface area contributed by atoms with E-state index < -0.39 is 0 Å². The lowest BCUT2D eigenvalue weighted by Gasteiger charge is -2.22. The summed E-state index contributed by atoms with van der Waals surface area (Å²) in [5, 5.41) is 0. The Balaban J connectivity index is 1.61. The lowest BCUT2D eigenvalue weighted by Crippen LogP contribution is -2.27. The molecule has 0 aliphatic rings. The molecule has 0 aliphatic carbocycles. The normalized spacial score (nSPS) is 11.7. The second kappa shape index (κ2) is 30.1. The number of unbranched alkanes of at least 4 members (excludes halogenated alkanes) is 12. The van der Waals surface area contributed by atoms with Gasteiger partial charge < -0.3 is 19.3 Å². The second-order valence-electron chi connectivity index (χ2n) is 14.1. The molecule has 0 aliphatic heterocycles. The molecule has 274 valence electrons. The van der Waals surface area contributed by atoms with Gasteiger partial charge in [-0.1, -0.05) is 140 Å². The van der Waals surface area contributed by atoms with E-state index in [1.807, 2.05) is 0 Å². The molecular formula is C44H76N2O2. The van der Waals surface area contributed by atoms with E-state index in [4.69, 9.17) is 9.47 Å². The minimum Gasteiger partial charge on any atom is -0.377 e. The van der Waals surface area contributed by atoms with E-state index in [0.29, 0.717) is 13.2 Å². The van der Waals surface area contributed by atoms with Crippen molar-refractivity contribution in [1.82, 2.24) is 9.80 Å². The SMILES string of the molecule is CCCCCCN(CCCCC)CCCCOCc1ccc(-c2ccc(COCCCCN(CCCCC)CCCCCC)cc2)cc1. The molecule has 0 unspecified atom stereocenters. The lowest BCUT2D eigenvalue weighted by molar-refractivity contribution is 0.114. The van der Waals surface area contributed by atoms with Gasteiger partial charge in [0.25, 0.3) is 0 Å². The van der Waals surface area contributed by atoms with E-state index >= 15 is 0 Å². The van der Waals surface area contributed by atoms with Crippen LogP contribution in [0.5, 0.6) is 0 Å². The third-order valence-electron chi connectivity index (χ3n) is 9.62. The molecule has 0 spiro atoms. The maximum absolute atomic E-state index is 6.06. The number of rotatable bonds is 33. The molecule has 0 saturated heterocycles. The van der Waals surface area contributed by atoms with Gasteiger partial charge in [0, 0.05) is 13.2 Å². The van der Waals surface area contributed by atoms with Gasteiger partial charge in [0.1, 0.15) is 0 Å². The number of ether oxygens (including phenoxy) is 2. The van der Waals surface area contributed by atoms with Crippen molar-refractivity contribution in [2.45, 2.75) is 156 Å². The number of hydrogen-bond donors (Lipinski definition) is 0. The number of nitrogens with zero attached hydrogens (tertiary/aromatic N) is 2. The van der Waals surface area contributed by atoms with Crippen LogP contribution < -0.4 is 0 Å². The van der Waals surface area contributed by atoms with Crippen LogP contribution in [-0.2, 0) is 22.7 Å². The quantitative estimate of drug-likeness (QED) is 0.0709. The first kappa shape index (κ1) is 42.4. The monoisotopic (exact) mass is 665 g/mol. The first-order chi connectivity index (χ1) is 23.7. The smallest absolute Gasteiger partial charge is 0.0716 e. The minimum atomic E-state index is 0.698. The third-order valence-corrected chi connectivity index (χ3v) is 9.62. The zero-order chi connectivity index (χ0) is 34.3. The van der Waals surface area contributed by atoms with Crippen LogP contribution in [-0.4, -0.2) is 62.3 Å². The van der Waals surface area contributed by atoms with Crippen molar-refractivity contribution in [3.05, 3.63) is 59.7 Å². The highest BCUT2D eigenvalue weighted by Gasteiger charge is 2.07. The minimum absolute atomic E-state index is 0.698. The van der Waals surface area contributed by atoms with E-state index in [9.17, 15) is 0 Å². The summed E-state index contributed by atoms with van der Waals surface area (Å²) in [6, 6.07) is 17.8. The van der Waals surface area contributed by atoms with Crippen LogP contribution in [0, 0.1) is 0 Å². The Morgan fingerprint density at radius 2 is 0.646 bits per heavy atom. The van der Waals surface area contributed by atoms with Crippen molar-refractivity contribution in [3.63, 3.8) is 0 Å². The Hall–Kier alpha value is -1.72. The average Bonchev–Trinajstić information content (AvgIpc) is 3.11. The van der Waals surface area contributed by atoms with Gasteiger partial charge in [-0.15, -0.1) is 0 Å².